The molecule has 6 heteroatoms. The van der Waals surface area contributed by atoms with E-state index in [1.165, 1.54) is 12.3 Å². The van der Waals surface area contributed by atoms with E-state index in [-0.39, 0.29) is 11.2 Å². The van der Waals surface area contributed by atoms with Crippen LogP contribution in [-0.2, 0) is 6.54 Å². The fraction of sp³-hybridized carbons (Fsp3) is 0.111. The molecule has 24 heavy (non-hydrogen) atoms. The Hall–Kier alpha value is -2.79. The molecule has 2 N–H and O–H groups in total. The van der Waals surface area contributed by atoms with Crippen LogP contribution < -0.4 is 10.9 Å². The number of carbonyl (C=O) groups is 1. The van der Waals surface area contributed by atoms with Gasteiger partial charge in [0.2, 0.25) is 0 Å². The highest BCUT2D eigenvalue weighted by Gasteiger charge is 2.11. The molecule has 0 atom stereocenters. The van der Waals surface area contributed by atoms with E-state index in [0.29, 0.717) is 17.3 Å². The molecule has 3 aromatic rings. The number of aryl methyl sites for hydroxylation is 1. The number of rotatable bonds is 4. The van der Waals surface area contributed by atoms with E-state index in [4.69, 9.17) is 11.6 Å². The molecule has 0 saturated heterocycles. The first-order valence-electron chi connectivity index (χ1n) is 7.43. The van der Waals surface area contributed by atoms with Crippen LogP contribution in [0.3, 0.4) is 0 Å². The van der Waals surface area contributed by atoms with E-state index < -0.39 is 5.91 Å². The van der Waals surface area contributed by atoms with E-state index in [9.17, 15) is 9.59 Å². The lowest BCUT2D eigenvalue weighted by atomic mass is 10.1. The first kappa shape index (κ1) is 16.1. The van der Waals surface area contributed by atoms with Crippen molar-refractivity contribution in [2.24, 2.45) is 0 Å². The van der Waals surface area contributed by atoms with Gasteiger partial charge in [0, 0.05) is 12.4 Å². The monoisotopic (exact) mass is 341 g/mol. The van der Waals surface area contributed by atoms with Gasteiger partial charge in [0.25, 0.3) is 11.5 Å². The van der Waals surface area contributed by atoms with Gasteiger partial charge in [-0.3, -0.25) is 9.59 Å². The maximum absolute atomic E-state index is 12.5. The number of hydrogen-bond donors (Lipinski definition) is 2. The number of hydrogen-bond acceptors (Lipinski definition) is 2. The minimum absolute atomic E-state index is 0.223. The number of H-pyrrole nitrogens is 1. The number of amides is 1. The second-order valence-electron chi connectivity index (χ2n) is 5.53. The molecule has 0 saturated carbocycles. The molecular formula is C18H16ClN3O2. The topological polar surface area (TPSA) is 66.9 Å². The first-order chi connectivity index (χ1) is 11.5. The van der Waals surface area contributed by atoms with Crippen LogP contribution >= 0.6 is 11.6 Å². The fourth-order valence-electron chi connectivity index (χ4n) is 2.34. The maximum atomic E-state index is 12.5. The second-order valence-corrected chi connectivity index (χ2v) is 5.96. The summed E-state index contributed by atoms with van der Waals surface area (Å²) < 4.78 is 1.56. The molecule has 2 aromatic heterocycles. The molecule has 0 spiro atoms. The Labute approximate surface area is 143 Å². The number of benzene rings is 1. The SMILES string of the molecule is Cc1ccc(Cn2cccc(NC(=O)c3cc(Cl)c[nH]3)c2=O)cc1. The molecule has 0 radical (unpaired) electrons. The van der Waals surface area contributed by atoms with Crippen molar-refractivity contribution in [3.63, 3.8) is 0 Å². The van der Waals surface area contributed by atoms with Crippen LogP contribution in [0.1, 0.15) is 21.6 Å². The average Bonchev–Trinajstić information content (AvgIpc) is 3.00. The van der Waals surface area contributed by atoms with Gasteiger partial charge in [-0.1, -0.05) is 41.4 Å². The Morgan fingerprint density at radius 1 is 1.25 bits per heavy atom. The number of anilines is 1. The third-order valence-electron chi connectivity index (χ3n) is 3.63. The van der Waals surface area contributed by atoms with Crippen LogP contribution in [0.4, 0.5) is 5.69 Å². The number of halogens is 1. The van der Waals surface area contributed by atoms with Crippen LogP contribution in [-0.4, -0.2) is 15.5 Å². The average molecular weight is 342 g/mol. The van der Waals surface area contributed by atoms with E-state index in [1.54, 1.807) is 22.9 Å². The van der Waals surface area contributed by atoms with Crippen molar-refractivity contribution in [2.75, 3.05) is 5.32 Å². The summed E-state index contributed by atoms with van der Waals surface area (Å²) in [6.07, 6.45) is 3.21. The highest BCUT2D eigenvalue weighted by Crippen LogP contribution is 2.11. The van der Waals surface area contributed by atoms with Crippen LogP contribution in [0, 0.1) is 6.92 Å². The third-order valence-corrected chi connectivity index (χ3v) is 3.85. The van der Waals surface area contributed by atoms with E-state index in [2.05, 4.69) is 10.3 Å². The summed E-state index contributed by atoms with van der Waals surface area (Å²) in [5, 5.41) is 3.05. The minimum atomic E-state index is -0.410. The molecule has 0 bridgehead atoms. The second kappa shape index (κ2) is 6.76. The normalized spacial score (nSPS) is 10.6. The quantitative estimate of drug-likeness (QED) is 0.763. The molecular weight excluding hydrogens is 326 g/mol. The van der Waals surface area contributed by atoms with Gasteiger partial charge in [0.1, 0.15) is 11.4 Å². The zero-order valence-corrected chi connectivity index (χ0v) is 13.8. The van der Waals surface area contributed by atoms with Gasteiger partial charge in [-0.2, -0.15) is 0 Å². The number of pyridine rings is 1. The first-order valence-corrected chi connectivity index (χ1v) is 7.81. The Morgan fingerprint density at radius 3 is 2.67 bits per heavy atom. The van der Waals surface area contributed by atoms with E-state index >= 15 is 0 Å². The summed E-state index contributed by atoms with van der Waals surface area (Å²) in [5.74, 6) is -0.410. The molecule has 1 amide bonds. The molecule has 0 aliphatic carbocycles. The molecule has 122 valence electrons. The summed E-state index contributed by atoms with van der Waals surface area (Å²) in [7, 11) is 0. The Balaban J connectivity index is 1.81. The van der Waals surface area contributed by atoms with Crippen molar-refractivity contribution < 1.29 is 4.79 Å². The predicted octanol–water partition coefficient (Wildman–Crippen LogP) is 3.44. The van der Waals surface area contributed by atoms with Crippen molar-refractivity contribution in [1.29, 1.82) is 0 Å². The minimum Gasteiger partial charge on any atom is -0.356 e. The number of aromatic amines is 1. The van der Waals surface area contributed by atoms with Crippen LogP contribution in [0.2, 0.25) is 5.02 Å². The van der Waals surface area contributed by atoms with Crippen molar-refractivity contribution in [3.05, 3.63) is 87.1 Å². The Morgan fingerprint density at radius 2 is 2.00 bits per heavy atom. The highest BCUT2D eigenvalue weighted by molar-refractivity contribution is 6.31. The summed E-state index contributed by atoms with van der Waals surface area (Å²) in [5.41, 5.74) is 2.44. The van der Waals surface area contributed by atoms with Crippen LogP contribution in [0.15, 0.2) is 59.7 Å². The molecule has 5 nitrogen and oxygen atoms in total. The molecule has 0 aliphatic heterocycles. The summed E-state index contributed by atoms with van der Waals surface area (Å²) in [4.78, 5) is 27.4. The van der Waals surface area contributed by atoms with Gasteiger partial charge in [0.15, 0.2) is 0 Å². The van der Waals surface area contributed by atoms with E-state index in [1.807, 2.05) is 31.2 Å². The molecule has 2 heterocycles. The van der Waals surface area contributed by atoms with Crippen LogP contribution in [0.5, 0.6) is 0 Å². The van der Waals surface area contributed by atoms with Gasteiger partial charge in [-0.15, -0.1) is 0 Å². The molecule has 3 rings (SSSR count). The number of carbonyl (C=O) groups excluding carboxylic acids is 1. The number of nitrogens with one attached hydrogen (secondary N) is 2. The fourth-order valence-corrected chi connectivity index (χ4v) is 2.50. The van der Waals surface area contributed by atoms with Crippen molar-refractivity contribution in [2.45, 2.75) is 13.5 Å². The lowest BCUT2D eigenvalue weighted by Gasteiger charge is -2.09. The summed E-state index contributed by atoms with van der Waals surface area (Å²) in [6.45, 7) is 2.45. The lowest BCUT2D eigenvalue weighted by Crippen LogP contribution is -2.25. The smallest absolute Gasteiger partial charge is 0.274 e. The van der Waals surface area contributed by atoms with Crippen molar-refractivity contribution in [3.8, 4) is 0 Å². The van der Waals surface area contributed by atoms with Gasteiger partial charge in [-0.25, -0.2) is 0 Å². The standard InChI is InChI=1S/C18H16ClN3O2/c1-12-4-6-13(7-5-12)11-22-8-2-3-15(18(22)24)21-17(23)16-9-14(19)10-20-16/h2-10,20H,11H2,1H3,(H,21,23). The predicted molar refractivity (Wildman–Crippen MR) is 94.7 cm³/mol. The maximum Gasteiger partial charge on any atom is 0.274 e. The van der Waals surface area contributed by atoms with Crippen molar-refractivity contribution >= 4 is 23.2 Å². The molecule has 0 aliphatic rings. The van der Waals surface area contributed by atoms with E-state index in [0.717, 1.165) is 11.1 Å². The van der Waals surface area contributed by atoms with Gasteiger partial charge in [0.05, 0.1) is 11.6 Å². The van der Waals surface area contributed by atoms with Crippen LogP contribution in [0.25, 0.3) is 0 Å². The lowest BCUT2D eigenvalue weighted by molar-refractivity contribution is 0.102. The van der Waals surface area contributed by atoms with Gasteiger partial charge < -0.3 is 14.9 Å². The highest BCUT2D eigenvalue weighted by atomic mass is 35.5. The Bertz CT molecular complexity index is 926. The zero-order valence-electron chi connectivity index (χ0n) is 13.0. The Kier molecular flexibility index (Phi) is 4.53. The third kappa shape index (κ3) is 3.58. The molecule has 0 unspecified atom stereocenters. The summed E-state index contributed by atoms with van der Waals surface area (Å²) in [6, 6.07) is 12.8. The van der Waals surface area contributed by atoms with Crippen molar-refractivity contribution in [1.82, 2.24) is 9.55 Å². The zero-order chi connectivity index (χ0) is 17.1. The number of nitrogens with zero attached hydrogens (tertiary/aromatic N) is 1. The van der Waals surface area contributed by atoms with Gasteiger partial charge >= 0.3 is 0 Å². The van der Waals surface area contributed by atoms with Gasteiger partial charge in [-0.05, 0) is 30.7 Å². The molecule has 1 aromatic carbocycles. The summed E-state index contributed by atoms with van der Waals surface area (Å²) >= 11 is 5.79. The molecule has 0 fully saturated rings. The number of aromatic nitrogens is 2. The largest absolute Gasteiger partial charge is 0.356 e.